The van der Waals surface area contributed by atoms with Crippen molar-refractivity contribution in [2.24, 2.45) is 0 Å². The van der Waals surface area contributed by atoms with E-state index in [2.05, 4.69) is 0 Å². The summed E-state index contributed by atoms with van der Waals surface area (Å²) in [5, 5.41) is 0.829. The number of ketones is 1. The number of hydrogen-bond acceptors (Lipinski definition) is 4. The number of hydrogen-bond donors (Lipinski definition) is 0. The molecule has 0 N–H and O–H groups in total. The largest absolute Gasteiger partial charge is 0.484 e. The fourth-order valence-electron chi connectivity index (χ4n) is 3.41. The van der Waals surface area contributed by atoms with Gasteiger partial charge >= 0.3 is 0 Å². The zero-order valence-corrected chi connectivity index (χ0v) is 16.8. The minimum Gasteiger partial charge on any atom is -0.484 e. The summed E-state index contributed by atoms with van der Waals surface area (Å²) in [6.07, 6.45) is 0.573. The summed E-state index contributed by atoms with van der Waals surface area (Å²) in [6.45, 7) is 3.56. The zero-order valence-electron chi connectivity index (χ0n) is 14.5. The van der Waals surface area contributed by atoms with Crippen LogP contribution in [0.2, 0.25) is 10.0 Å². The molecule has 0 radical (unpaired) electrons. The molecule has 0 unspecified atom stereocenters. The van der Waals surface area contributed by atoms with Gasteiger partial charge in [0.15, 0.2) is 16.4 Å². The Bertz CT molecular complexity index is 966. The summed E-state index contributed by atoms with van der Waals surface area (Å²) >= 11 is 11.9. The van der Waals surface area contributed by atoms with Crippen LogP contribution in [0.25, 0.3) is 0 Å². The number of Topliss-reactive ketones (excluding diaryl/α,β-unsaturated/α-hetero) is 1. The van der Waals surface area contributed by atoms with Gasteiger partial charge in [-0.05, 0) is 44.5 Å². The van der Waals surface area contributed by atoms with Crippen molar-refractivity contribution in [2.45, 2.75) is 26.3 Å². The molecular formula is C18H19Cl2NO4S. The lowest BCUT2D eigenvalue weighted by Crippen LogP contribution is -2.16. The van der Waals surface area contributed by atoms with E-state index in [-0.39, 0.29) is 29.9 Å². The van der Waals surface area contributed by atoms with E-state index in [9.17, 15) is 13.2 Å². The number of halogens is 2. The minimum atomic E-state index is -3.00. The van der Waals surface area contributed by atoms with Crippen molar-refractivity contribution in [2.75, 3.05) is 18.1 Å². The lowest BCUT2D eigenvalue weighted by Gasteiger charge is -2.16. The van der Waals surface area contributed by atoms with E-state index >= 15 is 0 Å². The zero-order chi connectivity index (χ0) is 19.1. The first-order valence-corrected chi connectivity index (χ1v) is 10.8. The molecular weight excluding hydrogens is 397 g/mol. The average Bonchev–Trinajstić information content (AvgIpc) is 3.05. The van der Waals surface area contributed by atoms with E-state index < -0.39 is 9.84 Å². The molecule has 1 aromatic carbocycles. The smallest absolute Gasteiger partial charge is 0.202 e. The second-order valence-corrected chi connectivity index (χ2v) is 9.57. The van der Waals surface area contributed by atoms with Crippen molar-refractivity contribution in [3.8, 4) is 5.75 Å². The van der Waals surface area contributed by atoms with Gasteiger partial charge in [-0.1, -0.05) is 23.2 Å². The number of aromatic nitrogens is 1. The van der Waals surface area contributed by atoms with E-state index in [0.717, 1.165) is 11.4 Å². The molecule has 0 spiro atoms. The van der Waals surface area contributed by atoms with E-state index in [1.807, 2.05) is 18.4 Å². The predicted molar refractivity (Wildman–Crippen MR) is 103 cm³/mol. The molecule has 0 saturated carbocycles. The molecule has 1 aromatic heterocycles. The van der Waals surface area contributed by atoms with Gasteiger partial charge in [0, 0.05) is 28.0 Å². The summed E-state index contributed by atoms with van der Waals surface area (Å²) in [7, 11) is -3.00. The van der Waals surface area contributed by atoms with Gasteiger partial charge in [-0.15, -0.1) is 0 Å². The molecule has 3 rings (SSSR count). The highest BCUT2D eigenvalue weighted by molar-refractivity contribution is 7.91. The molecule has 0 bridgehead atoms. The van der Waals surface area contributed by atoms with Crippen molar-refractivity contribution >= 4 is 38.8 Å². The number of ether oxygens (including phenoxy) is 1. The molecule has 26 heavy (non-hydrogen) atoms. The summed E-state index contributed by atoms with van der Waals surface area (Å²) in [5.74, 6) is 0.515. The van der Waals surface area contributed by atoms with Crippen LogP contribution in [0.1, 0.15) is 34.2 Å². The predicted octanol–water partition coefficient (Wildman–Crippen LogP) is 4.03. The molecule has 5 nitrogen and oxygen atoms in total. The van der Waals surface area contributed by atoms with Gasteiger partial charge in [0.2, 0.25) is 5.78 Å². The fourth-order valence-corrected chi connectivity index (χ4v) is 5.58. The second kappa shape index (κ2) is 7.25. The molecule has 0 aliphatic carbocycles. The Morgan fingerprint density at radius 3 is 2.62 bits per heavy atom. The quantitative estimate of drug-likeness (QED) is 0.691. The van der Waals surface area contributed by atoms with Crippen LogP contribution < -0.4 is 4.74 Å². The molecule has 1 aliphatic heterocycles. The molecule has 2 aromatic rings. The lowest BCUT2D eigenvalue weighted by atomic mass is 10.1. The normalized spacial score (nSPS) is 18.8. The van der Waals surface area contributed by atoms with Crippen LogP contribution in [0.3, 0.4) is 0 Å². The van der Waals surface area contributed by atoms with Gasteiger partial charge in [-0.3, -0.25) is 4.79 Å². The Hall–Kier alpha value is -1.50. The average molecular weight is 416 g/mol. The van der Waals surface area contributed by atoms with Gasteiger partial charge in [0.25, 0.3) is 0 Å². The van der Waals surface area contributed by atoms with Crippen LogP contribution in [0.15, 0.2) is 24.3 Å². The van der Waals surface area contributed by atoms with Crippen molar-refractivity contribution in [3.05, 3.63) is 51.3 Å². The lowest BCUT2D eigenvalue weighted by molar-refractivity contribution is 0.0921. The van der Waals surface area contributed by atoms with Gasteiger partial charge in [-0.2, -0.15) is 0 Å². The minimum absolute atomic E-state index is 0.117. The van der Waals surface area contributed by atoms with E-state index in [4.69, 9.17) is 27.9 Å². The van der Waals surface area contributed by atoms with Gasteiger partial charge in [0.1, 0.15) is 5.75 Å². The molecule has 2 heterocycles. The van der Waals surface area contributed by atoms with Crippen LogP contribution in [0.4, 0.5) is 0 Å². The van der Waals surface area contributed by atoms with Crippen LogP contribution in [0.5, 0.6) is 5.75 Å². The van der Waals surface area contributed by atoms with Crippen LogP contribution in [-0.4, -0.2) is 36.9 Å². The third-order valence-corrected chi connectivity index (χ3v) is 6.89. The Kier molecular flexibility index (Phi) is 5.37. The topological polar surface area (TPSA) is 65.4 Å². The number of nitrogens with zero attached hydrogens (tertiary/aromatic N) is 1. The molecule has 140 valence electrons. The SMILES string of the molecule is Cc1cc(C(=O)COc2ccc(Cl)cc2Cl)c(C)n1[C@H]1CCS(=O)(=O)C1. The number of carbonyl (C=O) groups is 1. The van der Waals surface area contributed by atoms with E-state index in [1.54, 1.807) is 24.3 Å². The van der Waals surface area contributed by atoms with E-state index in [1.165, 1.54) is 0 Å². The number of rotatable bonds is 5. The van der Waals surface area contributed by atoms with Gasteiger partial charge < -0.3 is 9.30 Å². The van der Waals surface area contributed by atoms with Gasteiger partial charge in [0.05, 0.1) is 16.5 Å². The number of carbonyl (C=O) groups excluding carboxylic acids is 1. The highest BCUT2D eigenvalue weighted by atomic mass is 35.5. The third kappa shape index (κ3) is 3.92. The number of sulfone groups is 1. The monoisotopic (exact) mass is 415 g/mol. The summed E-state index contributed by atoms with van der Waals surface area (Å²) in [4.78, 5) is 12.6. The van der Waals surface area contributed by atoms with Gasteiger partial charge in [-0.25, -0.2) is 8.42 Å². The number of aryl methyl sites for hydroxylation is 1. The molecule has 1 aliphatic rings. The summed E-state index contributed by atoms with van der Waals surface area (Å²) < 4.78 is 31.0. The fraction of sp³-hybridized carbons (Fsp3) is 0.389. The first-order valence-electron chi connectivity index (χ1n) is 8.18. The highest BCUT2D eigenvalue weighted by Crippen LogP contribution is 2.30. The van der Waals surface area contributed by atoms with Crippen LogP contribution in [-0.2, 0) is 9.84 Å². The first-order chi connectivity index (χ1) is 12.2. The molecule has 8 heteroatoms. The maximum Gasteiger partial charge on any atom is 0.202 e. The molecule has 1 fully saturated rings. The van der Waals surface area contributed by atoms with Crippen molar-refractivity contribution < 1.29 is 17.9 Å². The Labute approximate surface area is 162 Å². The second-order valence-electron chi connectivity index (χ2n) is 6.50. The Balaban J connectivity index is 1.77. The highest BCUT2D eigenvalue weighted by Gasteiger charge is 2.31. The Morgan fingerprint density at radius 1 is 1.27 bits per heavy atom. The van der Waals surface area contributed by atoms with Crippen LogP contribution >= 0.6 is 23.2 Å². The summed E-state index contributed by atoms with van der Waals surface area (Å²) in [6, 6.07) is 6.47. The number of benzene rings is 1. The molecule has 0 amide bonds. The van der Waals surface area contributed by atoms with Crippen molar-refractivity contribution in [3.63, 3.8) is 0 Å². The van der Waals surface area contributed by atoms with Crippen molar-refractivity contribution in [1.82, 2.24) is 4.57 Å². The molecule has 1 saturated heterocycles. The third-order valence-electron chi connectivity index (χ3n) is 4.61. The summed E-state index contributed by atoms with van der Waals surface area (Å²) in [5.41, 5.74) is 2.18. The van der Waals surface area contributed by atoms with Crippen LogP contribution in [0, 0.1) is 13.8 Å². The maximum atomic E-state index is 12.6. The van der Waals surface area contributed by atoms with E-state index in [0.29, 0.717) is 27.8 Å². The van der Waals surface area contributed by atoms with Crippen molar-refractivity contribution in [1.29, 1.82) is 0 Å². The Morgan fingerprint density at radius 2 is 2.00 bits per heavy atom. The standard InChI is InChI=1S/C18H19Cl2NO4S/c1-11-7-15(12(2)21(11)14-5-6-26(23,24)10-14)17(22)9-25-18-4-3-13(19)8-16(18)20/h3-4,7-8,14H,5-6,9-10H2,1-2H3/t14-/m0/s1. The maximum absolute atomic E-state index is 12.6. The molecule has 1 atom stereocenters. The first kappa shape index (κ1) is 19.3.